The van der Waals surface area contributed by atoms with E-state index in [-0.39, 0.29) is 0 Å². The average molecular weight is 330 g/mol. The fourth-order valence-electron chi connectivity index (χ4n) is 5.40. The maximum atomic E-state index is 2.57. The summed E-state index contributed by atoms with van der Waals surface area (Å²) in [5.41, 5.74) is 2.98. The summed E-state index contributed by atoms with van der Waals surface area (Å²) in [6.45, 7) is 7.63. The molecule has 0 aliphatic heterocycles. The van der Waals surface area contributed by atoms with Gasteiger partial charge < -0.3 is 0 Å². The van der Waals surface area contributed by atoms with Crippen molar-refractivity contribution in [2.45, 2.75) is 52.9 Å². The molecule has 1 heteroatoms. The van der Waals surface area contributed by atoms with Gasteiger partial charge in [-0.3, -0.25) is 0 Å². The second-order valence-electron chi connectivity index (χ2n) is 7.14. The van der Waals surface area contributed by atoms with E-state index in [4.69, 9.17) is 0 Å². The van der Waals surface area contributed by atoms with E-state index in [1.807, 2.05) is 5.57 Å². The lowest BCUT2D eigenvalue weighted by Gasteiger charge is -2.36. The van der Waals surface area contributed by atoms with Crippen LogP contribution in [-0.2, 0) is 0 Å². The van der Waals surface area contributed by atoms with Crippen molar-refractivity contribution in [2.75, 3.05) is 0 Å². The molecule has 3 fully saturated rings. The summed E-state index contributed by atoms with van der Waals surface area (Å²) >= 11 is 2.50. The lowest BCUT2D eigenvalue weighted by molar-refractivity contribution is 0.141. The van der Waals surface area contributed by atoms with E-state index in [9.17, 15) is 0 Å². The van der Waals surface area contributed by atoms with Gasteiger partial charge in [0.25, 0.3) is 0 Å². The first-order chi connectivity index (χ1) is 7.50. The van der Waals surface area contributed by atoms with E-state index in [0.29, 0.717) is 10.8 Å². The molecule has 0 N–H and O–H groups in total. The molecule has 90 valence electrons. The highest BCUT2D eigenvalue weighted by Crippen LogP contribution is 2.70. The third-order valence-corrected chi connectivity index (χ3v) is 6.74. The molecule has 0 saturated heterocycles. The Hall–Kier alpha value is 0.470. The van der Waals surface area contributed by atoms with E-state index >= 15 is 0 Å². The Morgan fingerprint density at radius 3 is 2.62 bits per heavy atom. The first-order valence-corrected chi connectivity index (χ1v) is 8.06. The smallest absolute Gasteiger partial charge is 0.00746 e. The van der Waals surface area contributed by atoms with Crippen molar-refractivity contribution in [1.29, 1.82) is 0 Å². The maximum absolute atomic E-state index is 2.57. The van der Waals surface area contributed by atoms with Crippen LogP contribution in [0.3, 0.4) is 0 Å². The zero-order valence-electron chi connectivity index (χ0n) is 10.7. The summed E-state index contributed by atoms with van der Waals surface area (Å²) < 4.78 is 2.44. The van der Waals surface area contributed by atoms with Crippen LogP contribution in [0.1, 0.15) is 52.9 Å². The van der Waals surface area contributed by atoms with Gasteiger partial charge in [-0.05, 0) is 58.3 Å². The first-order valence-electron chi connectivity index (χ1n) is 6.81. The molecule has 3 aliphatic rings. The second-order valence-corrected chi connectivity index (χ2v) is 7.76. The van der Waals surface area contributed by atoms with Gasteiger partial charge in [0, 0.05) is 0 Å². The van der Waals surface area contributed by atoms with Crippen LogP contribution in [0.4, 0.5) is 0 Å². The molecule has 0 spiro atoms. The largest absolute Gasteiger partial charge is 0.0596 e. The Bertz CT molecular complexity index is 341. The van der Waals surface area contributed by atoms with Crippen molar-refractivity contribution < 1.29 is 0 Å². The fourth-order valence-corrected chi connectivity index (χ4v) is 6.58. The van der Waals surface area contributed by atoms with Gasteiger partial charge in [0.05, 0.1) is 0 Å². The van der Waals surface area contributed by atoms with Crippen molar-refractivity contribution >= 4 is 22.6 Å². The van der Waals surface area contributed by atoms with E-state index in [0.717, 1.165) is 17.8 Å². The molecule has 4 bridgehead atoms. The highest BCUT2D eigenvalue weighted by atomic mass is 127. The minimum absolute atomic E-state index is 0.572. The Morgan fingerprint density at radius 2 is 1.94 bits per heavy atom. The Balaban J connectivity index is 2.11. The van der Waals surface area contributed by atoms with Gasteiger partial charge in [0.2, 0.25) is 0 Å². The van der Waals surface area contributed by atoms with Gasteiger partial charge in [-0.2, -0.15) is 0 Å². The number of rotatable bonds is 0. The molecule has 0 radical (unpaired) electrons. The summed E-state index contributed by atoms with van der Waals surface area (Å²) in [7, 11) is 0. The summed E-state index contributed by atoms with van der Waals surface area (Å²) in [5, 5.41) is 0. The van der Waals surface area contributed by atoms with E-state index in [2.05, 4.69) is 47.4 Å². The highest BCUT2D eigenvalue weighted by Gasteiger charge is 2.62. The quantitative estimate of drug-likeness (QED) is 0.537. The van der Waals surface area contributed by atoms with Crippen LogP contribution in [0.5, 0.6) is 0 Å². The molecule has 4 atom stereocenters. The third-order valence-electron chi connectivity index (χ3n) is 6.07. The first kappa shape index (κ1) is 11.6. The van der Waals surface area contributed by atoms with Crippen LogP contribution in [0.2, 0.25) is 0 Å². The molecule has 3 aliphatic carbocycles. The highest BCUT2D eigenvalue weighted by molar-refractivity contribution is 14.1. The van der Waals surface area contributed by atoms with Crippen LogP contribution < -0.4 is 0 Å². The van der Waals surface area contributed by atoms with Crippen LogP contribution in [0, 0.1) is 28.6 Å². The van der Waals surface area contributed by atoms with Crippen LogP contribution in [0.25, 0.3) is 0 Å². The SMILES string of the molecule is CC1(C)CCC[C@@]2(C)/C(=C/I)[C@@H]3CC[C@H]2[C@@H]31. The number of allylic oxidation sites excluding steroid dienone is 1. The van der Waals surface area contributed by atoms with Crippen molar-refractivity contribution in [3.63, 3.8) is 0 Å². The molecule has 3 saturated carbocycles. The molecule has 16 heavy (non-hydrogen) atoms. The van der Waals surface area contributed by atoms with Gasteiger partial charge >= 0.3 is 0 Å². The number of hydrogen-bond acceptors (Lipinski definition) is 0. The van der Waals surface area contributed by atoms with Crippen molar-refractivity contribution in [1.82, 2.24) is 0 Å². The van der Waals surface area contributed by atoms with Gasteiger partial charge in [-0.1, -0.05) is 55.4 Å². The zero-order chi connectivity index (χ0) is 11.6. The fraction of sp³-hybridized carbons (Fsp3) is 0.867. The molecular formula is C15H23I. The third kappa shape index (κ3) is 1.27. The van der Waals surface area contributed by atoms with Crippen molar-refractivity contribution in [3.8, 4) is 0 Å². The predicted molar refractivity (Wildman–Crippen MR) is 77.5 cm³/mol. The molecular weight excluding hydrogens is 307 g/mol. The lowest BCUT2D eigenvalue weighted by atomic mass is 9.69. The van der Waals surface area contributed by atoms with E-state index in [1.54, 1.807) is 0 Å². The van der Waals surface area contributed by atoms with Crippen LogP contribution >= 0.6 is 22.6 Å². The van der Waals surface area contributed by atoms with Gasteiger partial charge in [0.1, 0.15) is 0 Å². The second kappa shape index (κ2) is 3.49. The van der Waals surface area contributed by atoms with Crippen LogP contribution in [0.15, 0.2) is 9.66 Å². The zero-order valence-corrected chi connectivity index (χ0v) is 12.9. The van der Waals surface area contributed by atoms with Gasteiger partial charge in [0.15, 0.2) is 0 Å². The normalized spacial score (nSPS) is 52.0. The summed E-state index contributed by atoms with van der Waals surface area (Å²) in [5.74, 6) is 2.92. The standard InChI is InChI=1S/C15H23I/c1-14(2)7-4-8-15(3)11-6-5-10(13(11)14)12(15)9-16/h9-11,13H,4-8H2,1-3H3/b12-9+/t10-,11-,13+,15+/m0/s1. The average Bonchev–Trinajstić information content (AvgIpc) is 2.68. The van der Waals surface area contributed by atoms with Crippen molar-refractivity contribution in [3.05, 3.63) is 9.66 Å². The Morgan fingerprint density at radius 1 is 1.19 bits per heavy atom. The van der Waals surface area contributed by atoms with Crippen molar-refractivity contribution in [2.24, 2.45) is 28.6 Å². The van der Waals surface area contributed by atoms with Gasteiger partial charge in [-0.15, -0.1) is 0 Å². The lowest BCUT2D eigenvalue weighted by Crippen LogP contribution is -2.28. The summed E-state index contributed by atoms with van der Waals surface area (Å²) in [4.78, 5) is 0. The molecule has 0 heterocycles. The molecule has 0 nitrogen and oxygen atoms in total. The molecule has 0 amide bonds. The van der Waals surface area contributed by atoms with E-state index in [1.165, 1.54) is 32.1 Å². The summed E-state index contributed by atoms with van der Waals surface area (Å²) in [6, 6.07) is 0. The molecule has 0 aromatic rings. The van der Waals surface area contributed by atoms with E-state index < -0.39 is 0 Å². The topological polar surface area (TPSA) is 0 Å². The summed E-state index contributed by atoms with van der Waals surface area (Å²) in [6.07, 6.45) is 7.32. The predicted octanol–water partition coefficient (Wildman–Crippen LogP) is 5.18. The Labute approximate surface area is 113 Å². The molecule has 0 aromatic carbocycles. The number of hydrogen-bond donors (Lipinski definition) is 0. The molecule has 0 unspecified atom stereocenters. The maximum Gasteiger partial charge on any atom is -0.00746 e. The number of halogens is 1. The monoisotopic (exact) mass is 330 g/mol. The van der Waals surface area contributed by atoms with Gasteiger partial charge in [-0.25, -0.2) is 0 Å². The Kier molecular flexibility index (Phi) is 2.52. The minimum atomic E-state index is 0.572. The molecule has 0 aromatic heterocycles. The molecule has 3 rings (SSSR count). The van der Waals surface area contributed by atoms with Crippen LogP contribution in [-0.4, -0.2) is 0 Å². The minimum Gasteiger partial charge on any atom is -0.0596 e.